The Kier molecular flexibility index (Phi) is 6.89. The lowest BCUT2D eigenvalue weighted by molar-refractivity contribution is 0.00290. The standard InChI is InChI=1S/C10H13FO6S3/c11-16-19(12,13)8-4-5-9-20(14,15)17-18-10-6-2-1-3-7-10/h1-3,6-7H,4-5,8-9H2. The van der Waals surface area contributed by atoms with Crippen molar-refractivity contribution in [2.45, 2.75) is 17.7 Å². The van der Waals surface area contributed by atoms with E-state index < -0.39 is 26.0 Å². The first-order chi connectivity index (χ1) is 9.35. The Bertz CT molecular complexity index is 599. The zero-order chi connectivity index (χ0) is 15.1. The first-order valence-corrected chi connectivity index (χ1v) is 9.41. The van der Waals surface area contributed by atoms with Crippen LogP contribution >= 0.6 is 12.0 Å². The van der Waals surface area contributed by atoms with Crippen molar-refractivity contribution < 1.29 is 29.4 Å². The lowest BCUT2D eigenvalue weighted by Gasteiger charge is -2.04. The third-order valence-corrected chi connectivity index (χ3v) is 5.45. The topological polar surface area (TPSA) is 86.7 Å². The van der Waals surface area contributed by atoms with E-state index in [0.29, 0.717) is 16.9 Å². The molecule has 0 saturated carbocycles. The van der Waals surface area contributed by atoms with Crippen LogP contribution in [0.4, 0.5) is 4.53 Å². The van der Waals surface area contributed by atoms with Crippen molar-refractivity contribution in [3.8, 4) is 0 Å². The summed E-state index contributed by atoms with van der Waals surface area (Å²) in [7, 11) is -7.97. The fraction of sp³-hybridized carbons (Fsp3) is 0.400. The summed E-state index contributed by atoms with van der Waals surface area (Å²) in [6, 6.07) is 8.63. The molecule has 0 aliphatic rings. The second-order valence-corrected chi connectivity index (χ2v) is 8.11. The normalized spacial score (nSPS) is 12.4. The highest BCUT2D eigenvalue weighted by Crippen LogP contribution is 2.21. The van der Waals surface area contributed by atoms with Crippen LogP contribution in [0.2, 0.25) is 0 Å². The van der Waals surface area contributed by atoms with Gasteiger partial charge in [0.05, 0.1) is 11.5 Å². The van der Waals surface area contributed by atoms with Crippen molar-refractivity contribution in [2.24, 2.45) is 0 Å². The highest BCUT2D eigenvalue weighted by Gasteiger charge is 2.15. The van der Waals surface area contributed by atoms with Crippen molar-refractivity contribution in [2.75, 3.05) is 11.5 Å². The van der Waals surface area contributed by atoms with Gasteiger partial charge in [0.1, 0.15) is 0 Å². The van der Waals surface area contributed by atoms with Crippen molar-refractivity contribution in [3.63, 3.8) is 0 Å². The fourth-order valence-electron chi connectivity index (χ4n) is 1.19. The maximum absolute atomic E-state index is 11.5. The van der Waals surface area contributed by atoms with Gasteiger partial charge in [0.15, 0.2) is 0 Å². The minimum absolute atomic E-state index is 0.0280. The smallest absolute Gasteiger partial charge is 0.198 e. The van der Waals surface area contributed by atoms with Gasteiger partial charge in [-0.1, -0.05) is 22.6 Å². The predicted molar refractivity (Wildman–Crippen MR) is 72.4 cm³/mol. The molecular weight excluding hydrogens is 331 g/mol. The largest absolute Gasteiger partial charge is 0.297 e. The second-order valence-electron chi connectivity index (χ2n) is 3.76. The van der Waals surface area contributed by atoms with Crippen LogP contribution in [0.5, 0.6) is 0 Å². The Morgan fingerprint density at radius 2 is 1.50 bits per heavy atom. The van der Waals surface area contributed by atoms with Gasteiger partial charge in [0.25, 0.3) is 20.2 Å². The average molecular weight is 344 g/mol. The summed E-state index contributed by atoms with van der Waals surface area (Å²) in [5, 5.41) is 0. The van der Waals surface area contributed by atoms with Crippen LogP contribution in [0.15, 0.2) is 35.2 Å². The van der Waals surface area contributed by atoms with E-state index in [1.54, 1.807) is 30.3 Å². The molecule has 0 aliphatic carbocycles. The van der Waals surface area contributed by atoms with E-state index in [4.69, 9.17) is 3.63 Å². The van der Waals surface area contributed by atoms with Crippen LogP contribution < -0.4 is 0 Å². The van der Waals surface area contributed by atoms with E-state index in [0.717, 1.165) is 0 Å². The first kappa shape index (κ1) is 17.4. The molecule has 0 N–H and O–H groups in total. The minimum atomic E-state index is -4.20. The van der Waals surface area contributed by atoms with Crippen molar-refractivity contribution in [1.82, 2.24) is 0 Å². The summed E-state index contributed by atoms with van der Waals surface area (Å²) in [4.78, 5) is 0.629. The highest BCUT2D eigenvalue weighted by atomic mass is 32.3. The monoisotopic (exact) mass is 344 g/mol. The summed E-state index contributed by atoms with van der Waals surface area (Å²) in [6.45, 7) is 0. The fourth-order valence-corrected chi connectivity index (χ4v) is 3.64. The van der Waals surface area contributed by atoms with Crippen molar-refractivity contribution in [3.05, 3.63) is 30.3 Å². The van der Waals surface area contributed by atoms with Crippen LogP contribution in [-0.2, 0) is 28.3 Å². The van der Waals surface area contributed by atoms with Gasteiger partial charge in [0.2, 0.25) is 0 Å². The van der Waals surface area contributed by atoms with Crippen LogP contribution in [0.3, 0.4) is 0 Å². The van der Waals surface area contributed by atoms with Gasteiger partial charge < -0.3 is 0 Å². The quantitative estimate of drug-likeness (QED) is 0.500. The van der Waals surface area contributed by atoms with E-state index in [9.17, 15) is 21.4 Å². The van der Waals surface area contributed by atoms with E-state index in [-0.39, 0.29) is 18.6 Å². The van der Waals surface area contributed by atoms with Crippen LogP contribution in [0.1, 0.15) is 12.8 Å². The van der Waals surface area contributed by atoms with E-state index in [1.165, 1.54) is 0 Å². The molecule has 6 nitrogen and oxygen atoms in total. The van der Waals surface area contributed by atoms with Gasteiger partial charge in [-0.05, 0) is 29.5 Å². The Labute approximate surface area is 121 Å². The lowest BCUT2D eigenvalue weighted by Crippen LogP contribution is -2.10. The maximum atomic E-state index is 11.5. The average Bonchev–Trinajstić information content (AvgIpc) is 2.43. The molecule has 0 unspecified atom stereocenters. The molecule has 0 amide bonds. The summed E-state index contributed by atoms with van der Waals surface area (Å²) in [5.41, 5.74) is 0. The van der Waals surface area contributed by atoms with Gasteiger partial charge in [-0.15, -0.1) is 0 Å². The molecular formula is C10H13FO6S3. The lowest BCUT2D eigenvalue weighted by atomic mass is 10.4. The molecule has 10 heteroatoms. The molecule has 0 atom stereocenters. The molecule has 20 heavy (non-hydrogen) atoms. The number of hydrogen-bond acceptors (Lipinski definition) is 7. The number of unbranched alkanes of at least 4 members (excludes halogenated alkanes) is 1. The molecule has 1 rings (SSSR count). The van der Waals surface area contributed by atoms with Gasteiger partial charge in [0, 0.05) is 16.9 Å². The van der Waals surface area contributed by atoms with Crippen LogP contribution in [0.25, 0.3) is 0 Å². The van der Waals surface area contributed by atoms with Crippen molar-refractivity contribution in [1.29, 1.82) is 0 Å². The third kappa shape index (κ3) is 7.20. The van der Waals surface area contributed by atoms with Gasteiger partial charge in [-0.3, -0.25) is 0 Å². The highest BCUT2D eigenvalue weighted by molar-refractivity contribution is 8.04. The van der Waals surface area contributed by atoms with Crippen LogP contribution in [0, 0.1) is 0 Å². The molecule has 1 aromatic carbocycles. The summed E-state index contributed by atoms with van der Waals surface area (Å²) in [6.07, 6.45) is -0.00881. The molecule has 0 aliphatic heterocycles. The Morgan fingerprint density at radius 3 is 2.05 bits per heavy atom. The van der Waals surface area contributed by atoms with E-state index in [2.05, 4.69) is 4.39 Å². The molecule has 1 aromatic rings. The zero-order valence-electron chi connectivity index (χ0n) is 10.3. The molecule has 0 spiro atoms. The van der Waals surface area contributed by atoms with E-state index in [1.807, 2.05) is 0 Å². The molecule has 0 radical (unpaired) electrons. The van der Waals surface area contributed by atoms with Gasteiger partial charge in [-0.25, -0.2) is 0 Å². The molecule has 0 aromatic heterocycles. The maximum Gasteiger partial charge on any atom is 0.297 e. The number of rotatable bonds is 9. The summed E-state index contributed by atoms with van der Waals surface area (Å²) in [5.74, 6) is -0.931. The molecule has 0 heterocycles. The Hall–Kier alpha value is -0.680. The van der Waals surface area contributed by atoms with E-state index >= 15 is 0 Å². The van der Waals surface area contributed by atoms with Crippen LogP contribution in [-0.4, -0.2) is 28.3 Å². The number of benzene rings is 1. The number of halogens is 1. The van der Waals surface area contributed by atoms with Gasteiger partial charge >= 0.3 is 0 Å². The minimum Gasteiger partial charge on any atom is -0.198 e. The van der Waals surface area contributed by atoms with Crippen molar-refractivity contribution >= 4 is 32.3 Å². The predicted octanol–water partition coefficient (Wildman–Crippen LogP) is 2.05. The first-order valence-electron chi connectivity index (χ1n) is 5.51. The Morgan fingerprint density at radius 1 is 0.950 bits per heavy atom. The molecule has 0 bridgehead atoms. The Balaban J connectivity index is 2.32. The summed E-state index contributed by atoms with van der Waals surface area (Å²) < 4.78 is 63.3. The molecule has 114 valence electrons. The second kappa shape index (κ2) is 7.93. The molecule has 0 fully saturated rings. The SMILES string of the molecule is O=S(=O)(CCCCS(=O)(=O)OSc1ccccc1)OF. The zero-order valence-corrected chi connectivity index (χ0v) is 12.7. The molecule has 0 saturated heterocycles. The third-order valence-electron chi connectivity index (χ3n) is 2.11. The van der Waals surface area contributed by atoms with Gasteiger partial charge in [-0.2, -0.15) is 20.5 Å². The summed E-state index contributed by atoms with van der Waals surface area (Å²) >= 11 is 0.705. The number of hydrogen-bond donors (Lipinski definition) is 0.